The van der Waals surface area contributed by atoms with Gasteiger partial charge < -0.3 is 10.1 Å². The summed E-state index contributed by atoms with van der Waals surface area (Å²) in [6, 6.07) is 0. The zero-order chi connectivity index (χ0) is 19.9. The third-order valence-corrected chi connectivity index (χ3v) is 7.59. The van der Waals surface area contributed by atoms with Crippen molar-refractivity contribution < 1.29 is 27.5 Å². The lowest BCUT2D eigenvalue weighted by atomic mass is 9.49. The second-order valence-corrected chi connectivity index (χ2v) is 9.86. The maximum absolute atomic E-state index is 12.9. The van der Waals surface area contributed by atoms with Crippen LogP contribution in [-0.2, 0) is 14.3 Å². The smallest absolute Gasteiger partial charge is 0.422 e. The molecule has 5 fully saturated rings. The lowest BCUT2D eigenvalue weighted by molar-refractivity contribution is -0.191. The Bertz CT molecular complexity index is 583. The molecule has 1 N–H and O–H groups in total. The molecule has 5 aliphatic rings. The first-order valence-corrected chi connectivity index (χ1v) is 10.7. The van der Waals surface area contributed by atoms with Crippen LogP contribution in [0.15, 0.2) is 0 Å². The Morgan fingerprint density at radius 1 is 0.929 bits per heavy atom. The molecule has 4 nitrogen and oxygen atoms in total. The molecule has 5 saturated carbocycles. The molecule has 1 amide bonds. The van der Waals surface area contributed by atoms with E-state index in [4.69, 9.17) is 0 Å². The van der Waals surface area contributed by atoms with Crippen molar-refractivity contribution in [3.8, 4) is 0 Å². The molecule has 5 aliphatic carbocycles. The zero-order valence-electron chi connectivity index (χ0n) is 16.2. The maximum Gasteiger partial charge on any atom is 0.422 e. The van der Waals surface area contributed by atoms with Crippen molar-refractivity contribution in [1.82, 2.24) is 5.32 Å². The first-order valence-electron chi connectivity index (χ1n) is 10.7. The molecule has 0 radical (unpaired) electrons. The summed E-state index contributed by atoms with van der Waals surface area (Å²) in [7, 11) is 0. The minimum Gasteiger partial charge on any atom is -0.456 e. The molecule has 7 heteroatoms. The van der Waals surface area contributed by atoms with Gasteiger partial charge in [-0.3, -0.25) is 9.59 Å². The van der Waals surface area contributed by atoms with Crippen LogP contribution in [0.1, 0.15) is 64.2 Å². The summed E-state index contributed by atoms with van der Waals surface area (Å²) in [6.45, 7) is -0.930. The predicted molar refractivity (Wildman–Crippen MR) is 96.1 cm³/mol. The Hall–Kier alpha value is -1.27. The Kier molecular flexibility index (Phi) is 5.38. The highest BCUT2D eigenvalue weighted by Crippen LogP contribution is 2.59. The van der Waals surface area contributed by atoms with Gasteiger partial charge in [0.25, 0.3) is 0 Å². The van der Waals surface area contributed by atoms with Gasteiger partial charge in [0.15, 0.2) is 6.61 Å². The molecule has 0 aliphatic heterocycles. The maximum atomic E-state index is 12.9. The third kappa shape index (κ3) is 4.33. The van der Waals surface area contributed by atoms with Crippen molar-refractivity contribution >= 4 is 11.9 Å². The molecule has 4 bridgehead atoms. The molecule has 0 heterocycles. The van der Waals surface area contributed by atoms with E-state index >= 15 is 0 Å². The number of carbonyl (C=O) groups excluding carboxylic acids is 2. The Labute approximate surface area is 163 Å². The highest BCUT2D eigenvalue weighted by atomic mass is 19.4. The molecule has 0 aromatic heterocycles. The molecular formula is C21H30F3NO3. The van der Waals surface area contributed by atoms with Crippen molar-refractivity contribution in [2.45, 2.75) is 70.4 Å². The van der Waals surface area contributed by atoms with E-state index < -0.39 is 30.6 Å². The zero-order valence-corrected chi connectivity index (χ0v) is 16.2. The van der Waals surface area contributed by atoms with Gasteiger partial charge in [-0.05, 0) is 74.5 Å². The minimum atomic E-state index is -4.54. The number of nitrogens with one attached hydrogen (secondary N) is 1. The van der Waals surface area contributed by atoms with Gasteiger partial charge in [0.1, 0.15) is 0 Å². The normalized spacial score (nSPS) is 39.6. The highest BCUT2D eigenvalue weighted by molar-refractivity contribution is 5.85. The second-order valence-electron chi connectivity index (χ2n) is 9.86. The summed E-state index contributed by atoms with van der Waals surface area (Å²) in [5.74, 6) is 0.000949. The van der Waals surface area contributed by atoms with E-state index in [1.807, 2.05) is 0 Å². The molecular weight excluding hydrogens is 371 g/mol. The Morgan fingerprint density at radius 3 is 2.00 bits per heavy atom. The average molecular weight is 401 g/mol. The fourth-order valence-electron chi connectivity index (χ4n) is 6.90. The second kappa shape index (κ2) is 7.52. The van der Waals surface area contributed by atoms with Crippen LogP contribution >= 0.6 is 0 Å². The standard InChI is InChI=1S/C21H30F3NO3/c22-21(23,24)12-28-19(27)17-4-2-1-3-16(17)18(26)25-11-20-8-13-5-14(9-20)7-15(6-13)10-20/h13-17H,1-12H2,(H,25,26)/t13?,14?,15?,16-,17-,20?/m0/s1. The van der Waals surface area contributed by atoms with Gasteiger partial charge in [-0.2, -0.15) is 13.2 Å². The third-order valence-electron chi connectivity index (χ3n) is 7.59. The van der Waals surface area contributed by atoms with E-state index in [9.17, 15) is 22.8 Å². The van der Waals surface area contributed by atoms with Crippen LogP contribution in [0.25, 0.3) is 0 Å². The number of rotatable bonds is 5. The largest absolute Gasteiger partial charge is 0.456 e. The summed E-state index contributed by atoms with van der Waals surface area (Å²) in [5.41, 5.74) is 0.200. The van der Waals surface area contributed by atoms with Crippen LogP contribution in [0.2, 0.25) is 0 Å². The van der Waals surface area contributed by atoms with Gasteiger partial charge >= 0.3 is 12.1 Å². The topological polar surface area (TPSA) is 55.4 Å². The van der Waals surface area contributed by atoms with Crippen molar-refractivity contribution in [2.24, 2.45) is 35.0 Å². The predicted octanol–water partition coefficient (Wildman–Crippen LogP) is 4.23. The van der Waals surface area contributed by atoms with E-state index in [0.29, 0.717) is 19.4 Å². The van der Waals surface area contributed by atoms with Crippen LogP contribution in [0.5, 0.6) is 0 Å². The van der Waals surface area contributed by atoms with Crippen molar-refractivity contribution in [2.75, 3.05) is 13.2 Å². The Balaban J connectivity index is 1.34. The number of halogens is 3. The number of esters is 1. The first kappa shape index (κ1) is 20.0. The summed E-state index contributed by atoms with van der Waals surface area (Å²) in [4.78, 5) is 25.0. The summed E-state index contributed by atoms with van der Waals surface area (Å²) in [5, 5.41) is 3.10. The molecule has 5 rings (SSSR count). The van der Waals surface area contributed by atoms with E-state index in [1.54, 1.807) is 0 Å². The van der Waals surface area contributed by atoms with Crippen LogP contribution in [0.4, 0.5) is 13.2 Å². The molecule has 0 aromatic carbocycles. The quantitative estimate of drug-likeness (QED) is 0.702. The highest BCUT2D eigenvalue weighted by Gasteiger charge is 2.51. The van der Waals surface area contributed by atoms with Gasteiger partial charge in [-0.1, -0.05) is 12.8 Å². The lowest BCUT2D eigenvalue weighted by Crippen LogP contribution is -2.52. The van der Waals surface area contributed by atoms with Gasteiger partial charge in [0.05, 0.1) is 11.8 Å². The van der Waals surface area contributed by atoms with Gasteiger partial charge in [-0.15, -0.1) is 0 Å². The van der Waals surface area contributed by atoms with Crippen LogP contribution in [0, 0.1) is 35.0 Å². The lowest BCUT2D eigenvalue weighted by Gasteiger charge is -2.57. The van der Waals surface area contributed by atoms with Gasteiger partial charge in [0.2, 0.25) is 5.91 Å². The number of hydrogen-bond acceptors (Lipinski definition) is 3. The van der Waals surface area contributed by atoms with Crippen molar-refractivity contribution in [1.29, 1.82) is 0 Å². The van der Waals surface area contributed by atoms with Crippen molar-refractivity contribution in [3.05, 3.63) is 0 Å². The molecule has 0 saturated heterocycles. The number of carbonyl (C=O) groups is 2. The van der Waals surface area contributed by atoms with Crippen LogP contribution in [-0.4, -0.2) is 31.2 Å². The summed E-state index contributed by atoms with van der Waals surface area (Å²) >= 11 is 0. The first-order chi connectivity index (χ1) is 13.2. The SMILES string of the molecule is O=C(NCC12CC3CC(CC(C3)C1)C2)[C@H]1CCCC[C@@H]1C(=O)OCC(F)(F)F. The van der Waals surface area contributed by atoms with E-state index in [-0.39, 0.29) is 11.3 Å². The fraction of sp³-hybridized carbons (Fsp3) is 0.905. The number of amides is 1. The van der Waals surface area contributed by atoms with Crippen molar-refractivity contribution in [3.63, 3.8) is 0 Å². The minimum absolute atomic E-state index is 0.176. The molecule has 2 atom stereocenters. The number of ether oxygens (including phenoxy) is 1. The summed E-state index contributed by atoms with van der Waals surface area (Å²) in [6.07, 6.45) is 5.53. The monoisotopic (exact) mass is 401 g/mol. The molecule has 0 unspecified atom stereocenters. The average Bonchev–Trinajstić information content (AvgIpc) is 2.62. The molecule has 0 spiro atoms. The van der Waals surface area contributed by atoms with Gasteiger partial charge in [-0.25, -0.2) is 0 Å². The van der Waals surface area contributed by atoms with E-state index in [1.165, 1.54) is 38.5 Å². The van der Waals surface area contributed by atoms with Crippen LogP contribution in [0.3, 0.4) is 0 Å². The van der Waals surface area contributed by atoms with Crippen LogP contribution < -0.4 is 5.32 Å². The van der Waals surface area contributed by atoms with E-state index in [2.05, 4.69) is 10.1 Å². The van der Waals surface area contributed by atoms with Gasteiger partial charge in [0, 0.05) is 6.54 Å². The number of hydrogen-bond donors (Lipinski definition) is 1. The number of alkyl halides is 3. The summed E-state index contributed by atoms with van der Waals surface area (Å²) < 4.78 is 41.5. The molecule has 0 aromatic rings. The van der Waals surface area contributed by atoms with E-state index in [0.717, 1.165) is 30.6 Å². The molecule has 28 heavy (non-hydrogen) atoms. The molecule has 158 valence electrons. The fourth-order valence-corrected chi connectivity index (χ4v) is 6.90. The Morgan fingerprint density at radius 2 is 1.46 bits per heavy atom.